The smallest absolute Gasteiger partial charge is 0.407 e. The molecule has 1 aromatic heterocycles. The zero-order valence-electron chi connectivity index (χ0n) is 14.3. The minimum absolute atomic E-state index is 0.358. The molecule has 22 heavy (non-hydrogen) atoms. The highest BCUT2D eigenvalue weighted by molar-refractivity contribution is 5.67. The number of carbonyl (C=O) groups is 1. The van der Waals surface area contributed by atoms with Gasteiger partial charge in [-0.15, -0.1) is 0 Å². The molecule has 1 aliphatic carbocycles. The van der Waals surface area contributed by atoms with Crippen molar-refractivity contribution in [2.24, 2.45) is 5.41 Å². The molecule has 124 valence electrons. The Morgan fingerprint density at radius 1 is 1.45 bits per heavy atom. The van der Waals surface area contributed by atoms with Crippen LogP contribution in [-0.4, -0.2) is 27.8 Å². The number of nitrogens with one attached hydrogen (secondary N) is 1. The SMILES string of the molecule is CCCC1(Cn2cncc2CCNC(=O)OC(C)(C)C)CC1. The highest BCUT2D eigenvalue weighted by atomic mass is 16.6. The molecule has 5 nitrogen and oxygen atoms in total. The zero-order valence-corrected chi connectivity index (χ0v) is 14.3. The van der Waals surface area contributed by atoms with Crippen molar-refractivity contribution < 1.29 is 9.53 Å². The van der Waals surface area contributed by atoms with Gasteiger partial charge in [0, 0.05) is 31.4 Å². The Labute approximate surface area is 133 Å². The standard InChI is InChI=1S/C17H29N3O2/c1-5-7-17(8-9-17)12-20-13-18-11-14(20)6-10-19-15(21)22-16(2,3)4/h11,13H,5-10,12H2,1-4H3,(H,19,21). The number of ether oxygens (including phenoxy) is 1. The van der Waals surface area contributed by atoms with Crippen molar-refractivity contribution in [1.29, 1.82) is 0 Å². The van der Waals surface area contributed by atoms with E-state index in [0.717, 1.165) is 13.0 Å². The lowest BCUT2D eigenvalue weighted by Crippen LogP contribution is -2.33. The Bertz CT molecular complexity index is 498. The Hall–Kier alpha value is -1.52. The Kier molecular flexibility index (Phi) is 5.14. The lowest BCUT2D eigenvalue weighted by Gasteiger charge is -2.20. The van der Waals surface area contributed by atoms with E-state index < -0.39 is 5.60 Å². The van der Waals surface area contributed by atoms with Gasteiger partial charge in [0.2, 0.25) is 0 Å². The third kappa shape index (κ3) is 5.04. The highest BCUT2D eigenvalue weighted by Gasteiger charge is 2.41. The minimum Gasteiger partial charge on any atom is -0.444 e. The summed E-state index contributed by atoms with van der Waals surface area (Å²) >= 11 is 0. The van der Waals surface area contributed by atoms with Crippen LogP contribution in [0.1, 0.15) is 59.1 Å². The fourth-order valence-corrected chi connectivity index (χ4v) is 2.86. The van der Waals surface area contributed by atoms with Gasteiger partial charge in [-0.25, -0.2) is 9.78 Å². The highest BCUT2D eigenvalue weighted by Crippen LogP contribution is 2.51. The molecule has 0 aromatic carbocycles. The number of amides is 1. The normalized spacial score (nSPS) is 16.4. The molecule has 0 bridgehead atoms. The van der Waals surface area contributed by atoms with E-state index in [0.29, 0.717) is 12.0 Å². The number of hydrogen-bond donors (Lipinski definition) is 1. The van der Waals surface area contributed by atoms with Crippen molar-refractivity contribution >= 4 is 6.09 Å². The number of imidazole rings is 1. The van der Waals surface area contributed by atoms with Crippen LogP contribution < -0.4 is 5.32 Å². The van der Waals surface area contributed by atoms with E-state index in [-0.39, 0.29) is 6.09 Å². The first-order valence-corrected chi connectivity index (χ1v) is 8.29. The van der Waals surface area contributed by atoms with Crippen LogP contribution in [0.15, 0.2) is 12.5 Å². The summed E-state index contributed by atoms with van der Waals surface area (Å²) in [7, 11) is 0. The van der Waals surface area contributed by atoms with Crippen molar-refractivity contribution in [2.75, 3.05) is 6.54 Å². The number of alkyl carbamates (subject to hydrolysis) is 1. The number of nitrogens with zero attached hydrogens (tertiary/aromatic N) is 2. The summed E-state index contributed by atoms with van der Waals surface area (Å²) in [4.78, 5) is 15.9. The summed E-state index contributed by atoms with van der Waals surface area (Å²) in [6.45, 7) is 9.48. The van der Waals surface area contributed by atoms with Gasteiger partial charge in [0.05, 0.1) is 6.33 Å². The molecule has 5 heteroatoms. The quantitative estimate of drug-likeness (QED) is 0.838. The largest absolute Gasteiger partial charge is 0.444 e. The molecule has 1 aliphatic rings. The van der Waals surface area contributed by atoms with Crippen molar-refractivity contribution in [3.05, 3.63) is 18.2 Å². The number of carbonyl (C=O) groups excluding carboxylic acids is 1. The molecule has 1 amide bonds. The van der Waals surface area contributed by atoms with Crippen LogP contribution in [0.25, 0.3) is 0 Å². The van der Waals surface area contributed by atoms with Gasteiger partial charge < -0.3 is 14.6 Å². The fourth-order valence-electron chi connectivity index (χ4n) is 2.86. The number of aromatic nitrogens is 2. The molecule has 0 atom stereocenters. The van der Waals surface area contributed by atoms with Crippen molar-refractivity contribution in [3.63, 3.8) is 0 Å². The van der Waals surface area contributed by atoms with Crippen molar-refractivity contribution in [2.45, 2.75) is 71.9 Å². The summed E-state index contributed by atoms with van der Waals surface area (Å²) in [6.07, 6.45) is 9.43. The van der Waals surface area contributed by atoms with Crippen LogP contribution in [0.3, 0.4) is 0 Å². The molecule has 0 saturated heterocycles. The average Bonchev–Trinajstić information content (AvgIpc) is 3.00. The van der Waals surface area contributed by atoms with E-state index in [4.69, 9.17) is 4.74 Å². The zero-order chi connectivity index (χ0) is 16.2. The van der Waals surface area contributed by atoms with Gasteiger partial charge in [-0.3, -0.25) is 0 Å². The molecule has 1 fully saturated rings. The molecule has 1 saturated carbocycles. The van der Waals surface area contributed by atoms with Crippen LogP contribution in [0.4, 0.5) is 4.79 Å². The monoisotopic (exact) mass is 307 g/mol. The summed E-state index contributed by atoms with van der Waals surface area (Å²) in [5, 5.41) is 2.81. The first-order chi connectivity index (χ1) is 10.3. The van der Waals surface area contributed by atoms with E-state index in [2.05, 4.69) is 21.8 Å². The predicted molar refractivity (Wildman–Crippen MR) is 86.7 cm³/mol. The number of hydrogen-bond acceptors (Lipinski definition) is 3. The average molecular weight is 307 g/mol. The molecule has 1 aromatic rings. The first kappa shape index (κ1) is 16.8. The molecule has 1 N–H and O–H groups in total. The topological polar surface area (TPSA) is 56.2 Å². The van der Waals surface area contributed by atoms with Crippen LogP contribution in [0.5, 0.6) is 0 Å². The fraction of sp³-hybridized carbons (Fsp3) is 0.765. The molecule has 0 unspecified atom stereocenters. The first-order valence-electron chi connectivity index (χ1n) is 8.29. The third-order valence-electron chi connectivity index (χ3n) is 4.09. The van der Waals surface area contributed by atoms with Gasteiger partial charge >= 0.3 is 6.09 Å². The second-order valence-corrected chi connectivity index (χ2v) is 7.44. The van der Waals surface area contributed by atoms with Gasteiger partial charge in [-0.1, -0.05) is 13.3 Å². The van der Waals surface area contributed by atoms with Crippen LogP contribution >= 0.6 is 0 Å². The maximum Gasteiger partial charge on any atom is 0.407 e. The van der Waals surface area contributed by atoms with Crippen LogP contribution in [0, 0.1) is 5.41 Å². The molecule has 0 spiro atoms. The van der Waals surface area contributed by atoms with E-state index >= 15 is 0 Å². The van der Waals surface area contributed by atoms with Gasteiger partial charge in [0.1, 0.15) is 5.60 Å². The van der Waals surface area contributed by atoms with Gasteiger partial charge in [-0.05, 0) is 45.4 Å². The lowest BCUT2D eigenvalue weighted by atomic mass is 10.0. The Morgan fingerprint density at radius 2 is 2.18 bits per heavy atom. The minimum atomic E-state index is -0.454. The van der Waals surface area contributed by atoms with Gasteiger partial charge in [-0.2, -0.15) is 0 Å². The number of rotatable bonds is 7. The molecule has 0 radical (unpaired) electrons. The summed E-state index contributed by atoms with van der Waals surface area (Å²) in [5.74, 6) is 0. The van der Waals surface area contributed by atoms with E-state index in [1.54, 1.807) is 0 Å². The molecule has 0 aliphatic heterocycles. The summed E-state index contributed by atoms with van der Waals surface area (Å²) in [5.41, 5.74) is 1.23. The van der Waals surface area contributed by atoms with Gasteiger partial charge in [0.25, 0.3) is 0 Å². The van der Waals surface area contributed by atoms with Crippen molar-refractivity contribution in [1.82, 2.24) is 14.9 Å². The molecule has 1 heterocycles. The predicted octanol–water partition coefficient (Wildman–Crippen LogP) is 3.53. The van der Waals surface area contributed by atoms with E-state index in [9.17, 15) is 4.79 Å². The van der Waals surface area contributed by atoms with Crippen molar-refractivity contribution in [3.8, 4) is 0 Å². The van der Waals surface area contributed by atoms with Gasteiger partial charge in [0.15, 0.2) is 0 Å². The lowest BCUT2D eigenvalue weighted by molar-refractivity contribution is 0.0528. The molecular formula is C17H29N3O2. The Morgan fingerprint density at radius 3 is 2.77 bits per heavy atom. The molecule has 2 rings (SSSR count). The molecular weight excluding hydrogens is 278 g/mol. The maximum absolute atomic E-state index is 11.6. The van der Waals surface area contributed by atoms with Crippen LogP contribution in [0.2, 0.25) is 0 Å². The van der Waals surface area contributed by atoms with E-state index in [1.165, 1.54) is 31.4 Å². The summed E-state index contributed by atoms with van der Waals surface area (Å²) in [6, 6.07) is 0. The maximum atomic E-state index is 11.6. The summed E-state index contributed by atoms with van der Waals surface area (Å²) < 4.78 is 7.49. The Balaban J connectivity index is 1.80. The third-order valence-corrected chi connectivity index (χ3v) is 4.09. The van der Waals surface area contributed by atoms with E-state index in [1.807, 2.05) is 33.3 Å². The second-order valence-electron chi connectivity index (χ2n) is 7.44. The van der Waals surface area contributed by atoms with Crippen LogP contribution in [-0.2, 0) is 17.7 Å². The second kappa shape index (κ2) is 6.71.